The molecule has 242 valence electrons. The molecule has 0 bridgehead atoms. The first-order valence-electron chi connectivity index (χ1n) is 15.1. The molecule has 0 saturated carbocycles. The third-order valence-corrected chi connectivity index (χ3v) is 9.53. The maximum Gasteiger partial charge on any atom is 0.264 e. The van der Waals surface area contributed by atoms with Crippen molar-refractivity contribution in [3.63, 3.8) is 0 Å². The molecular weight excluding hydrogens is 622 g/mol. The zero-order valence-corrected chi connectivity index (χ0v) is 28.1. The number of methoxy groups -OCH3 is 1. The van der Waals surface area contributed by atoms with Crippen LogP contribution >= 0.6 is 11.6 Å². The summed E-state index contributed by atoms with van der Waals surface area (Å²) >= 11 is 6.07. The summed E-state index contributed by atoms with van der Waals surface area (Å²) in [5.41, 5.74) is 2.62. The van der Waals surface area contributed by atoms with Crippen LogP contribution in [0.5, 0.6) is 5.75 Å². The van der Waals surface area contributed by atoms with E-state index in [2.05, 4.69) is 5.32 Å². The molecule has 0 heterocycles. The summed E-state index contributed by atoms with van der Waals surface area (Å²) in [7, 11) is -2.67. The second-order valence-corrected chi connectivity index (χ2v) is 13.8. The van der Waals surface area contributed by atoms with Gasteiger partial charge in [-0.05, 0) is 72.0 Å². The molecule has 8 nitrogen and oxygen atoms in total. The maximum atomic E-state index is 14.6. The van der Waals surface area contributed by atoms with Crippen molar-refractivity contribution in [3.8, 4) is 5.75 Å². The lowest BCUT2D eigenvalue weighted by atomic mass is 10.0. The third kappa shape index (κ3) is 8.89. The average Bonchev–Trinajstić information content (AvgIpc) is 3.05. The minimum absolute atomic E-state index is 0.0113. The van der Waals surface area contributed by atoms with Gasteiger partial charge in [-0.25, -0.2) is 8.42 Å². The van der Waals surface area contributed by atoms with E-state index in [0.29, 0.717) is 28.6 Å². The third-order valence-electron chi connectivity index (χ3n) is 7.51. The summed E-state index contributed by atoms with van der Waals surface area (Å²) in [5.74, 6) is -0.0772. The SMILES string of the molecule is COc1cccc(CN(C(=O)CN(c2ccccc2C)S(=O)(=O)c2ccc(Cl)cc2)[C@H](Cc2ccccc2)C(=O)NCC(C)C)c1. The fourth-order valence-electron chi connectivity index (χ4n) is 5.03. The average molecular weight is 662 g/mol. The van der Waals surface area contributed by atoms with Crippen molar-refractivity contribution in [2.45, 2.75) is 44.7 Å². The van der Waals surface area contributed by atoms with Crippen LogP contribution in [0, 0.1) is 12.8 Å². The van der Waals surface area contributed by atoms with E-state index in [1.165, 1.54) is 29.2 Å². The number of halogens is 1. The molecule has 4 aromatic carbocycles. The zero-order chi connectivity index (χ0) is 33.3. The Hall–Kier alpha value is -4.34. The van der Waals surface area contributed by atoms with Gasteiger partial charge in [0.15, 0.2) is 0 Å². The molecule has 4 rings (SSSR count). The lowest BCUT2D eigenvalue weighted by Gasteiger charge is -2.34. The Morgan fingerprint density at radius 1 is 0.870 bits per heavy atom. The maximum absolute atomic E-state index is 14.6. The highest BCUT2D eigenvalue weighted by Gasteiger charge is 2.35. The van der Waals surface area contributed by atoms with Gasteiger partial charge in [-0.3, -0.25) is 13.9 Å². The predicted molar refractivity (Wildman–Crippen MR) is 182 cm³/mol. The largest absolute Gasteiger partial charge is 0.497 e. The number of carbonyl (C=O) groups excluding carboxylic acids is 2. The molecule has 10 heteroatoms. The Kier molecular flexibility index (Phi) is 11.8. The highest BCUT2D eigenvalue weighted by Crippen LogP contribution is 2.28. The van der Waals surface area contributed by atoms with Gasteiger partial charge >= 0.3 is 0 Å². The molecular formula is C36H40ClN3O5S. The summed E-state index contributed by atoms with van der Waals surface area (Å²) in [5, 5.41) is 3.39. The summed E-state index contributed by atoms with van der Waals surface area (Å²) in [6.07, 6.45) is 0.231. The van der Waals surface area contributed by atoms with Gasteiger partial charge in [0.05, 0.1) is 17.7 Å². The number of amides is 2. The van der Waals surface area contributed by atoms with E-state index in [1.54, 1.807) is 50.4 Å². The predicted octanol–water partition coefficient (Wildman–Crippen LogP) is 6.26. The van der Waals surface area contributed by atoms with Gasteiger partial charge in [-0.15, -0.1) is 0 Å². The van der Waals surface area contributed by atoms with Crippen LogP contribution in [-0.2, 0) is 32.6 Å². The summed E-state index contributed by atoms with van der Waals surface area (Å²) in [4.78, 5) is 29.9. The van der Waals surface area contributed by atoms with Gasteiger partial charge < -0.3 is 15.0 Å². The molecule has 0 fully saturated rings. The van der Waals surface area contributed by atoms with E-state index in [4.69, 9.17) is 16.3 Å². The molecule has 0 unspecified atom stereocenters. The molecule has 0 aliphatic rings. The first kappa shape index (κ1) is 34.5. The first-order valence-corrected chi connectivity index (χ1v) is 16.9. The van der Waals surface area contributed by atoms with Gasteiger partial charge in [0.25, 0.3) is 10.0 Å². The van der Waals surface area contributed by atoms with Gasteiger partial charge in [0.2, 0.25) is 11.8 Å². The van der Waals surface area contributed by atoms with Gasteiger partial charge in [0.1, 0.15) is 18.3 Å². The Labute approximate surface area is 277 Å². The number of hydrogen-bond donors (Lipinski definition) is 1. The quantitative estimate of drug-likeness (QED) is 0.172. The number of carbonyl (C=O) groups is 2. The summed E-state index contributed by atoms with van der Waals surface area (Å²) in [6.45, 7) is 5.70. The van der Waals surface area contributed by atoms with E-state index in [1.807, 2.05) is 56.3 Å². The van der Waals surface area contributed by atoms with Crippen LogP contribution in [0.2, 0.25) is 5.02 Å². The number of anilines is 1. The van der Waals surface area contributed by atoms with Gasteiger partial charge in [-0.1, -0.05) is 86.1 Å². The molecule has 0 aliphatic carbocycles. The fraction of sp³-hybridized carbons (Fsp3) is 0.278. The zero-order valence-electron chi connectivity index (χ0n) is 26.5. The fourth-order valence-corrected chi connectivity index (χ4v) is 6.64. The van der Waals surface area contributed by atoms with Crippen molar-refractivity contribution in [1.29, 1.82) is 0 Å². The molecule has 1 atom stereocenters. The standard InChI is InChI=1S/C36H40ClN3O5S/c1-26(2)23-38-36(42)34(22-28-12-6-5-7-13-28)39(24-29-14-10-15-31(21-29)45-4)35(41)25-40(33-16-9-8-11-27(33)3)46(43,44)32-19-17-30(37)18-20-32/h5-21,26,34H,22-25H2,1-4H3,(H,38,42)/t34-/m1/s1. The molecule has 0 spiro atoms. The molecule has 0 saturated heterocycles. The summed E-state index contributed by atoms with van der Waals surface area (Å²) < 4.78 is 34.9. The van der Waals surface area contributed by atoms with Crippen LogP contribution < -0.4 is 14.4 Å². The number of para-hydroxylation sites is 1. The number of hydrogen-bond acceptors (Lipinski definition) is 5. The number of ether oxygens (including phenoxy) is 1. The van der Waals surface area contributed by atoms with Gasteiger partial charge in [-0.2, -0.15) is 0 Å². The highest BCUT2D eigenvalue weighted by molar-refractivity contribution is 7.92. The number of benzene rings is 4. The normalized spacial score (nSPS) is 12.0. The minimum atomic E-state index is -4.23. The molecule has 2 amide bonds. The minimum Gasteiger partial charge on any atom is -0.497 e. The Balaban J connectivity index is 1.82. The molecule has 0 radical (unpaired) electrons. The lowest BCUT2D eigenvalue weighted by Crippen LogP contribution is -2.53. The Morgan fingerprint density at radius 2 is 1.52 bits per heavy atom. The van der Waals surface area contributed by atoms with Crippen molar-refractivity contribution in [2.24, 2.45) is 5.92 Å². The van der Waals surface area contributed by atoms with Crippen molar-refractivity contribution < 1.29 is 22.7 Å². The van der Waals surface area contributed by atoms with Crippen molar-refractivity contribution in [2.75, 3.05) is 24.5 Å². The smallest absolute Gasteiger partial charge is 0.264 e. The van der Waals surface area contributed by atoms with Gasteiger partial charge in [0, 0.05) is 24.5 Å². The van der Waals surface area contributed by atoms with E-state index in [9.17, 15) is 18.0 Å². The monoisotopic (exact) mass is 661 g/mol. The van der Waals surface area contributed by atoms with Crippen LogP contribution in [0.1, 0.15) is 30.5 Å². The van der Waals surface area contributed by atoms with Crippen LogP contribution in [0.15, 0.2) is 108 Å². The molecule has 1 N–H and O–H groups in total. The van der Waals surface area contributed by atoms with Crippen molar-refractivity contribution in [3.05, 3.63) is 125 Å². The van der Waals surface area contributed by atoms with Crippen molar-refractivity contribution >= 4 is 39.1 Å². The van der Waals surface area contributed by atoms with Crippen LogP contribution in [0.3, 0.4) is 0 Å². The van der Waals surface area contributed by atoms with E-state index in [-0.39, 0.29) is 29.7 Å². The number of nitrogens with one attached hydrogen (secondary N) is 1. The van der Waals surface area contributed by atoms with E-state index in [0.717, 1.165) is 15.4 Å². The molecule has 4 aromatic rings. The lowest BCUT2D eigenvalue weighted by molar-refractivity contribution is -0.140. The second kappa shape index (κ2) is 15.8. The second-order valence-electron chi connectivity index (χ2n) is 11.5. The van der Waals surface area contributed by atoms with Crippen molar-refractivity contribution in [1.82, 2.24) is 10.2 Å². The van der Waals surface area contributed by atoms with Crippen LogP contribution in [0.25, 0.3) is 0 Å². The summed E-state index contributed by atoms with van der Waals surface area (Å²) in [6, 6.07) is 28.6. The number of rotatable bonds is 14. The topological polar surface area (TPSA) is 96.0 Å². The number of nitrogens with zero attached hydrogens (tertiary/aromatic N) is 2. The number of sulfonamides is 1. The highest BCUT2D eigenvalue weighted by atomic mass is 35.5. The van der Waals surface area contributed by atoms with E-state index < -0.39 is 28.5 Å². The van der Waals surface area contributed by atoms with Crippen LogP contribution in [-0.4, -0.2) is 51.4 Å². The first-order chi connectivity index (χ1) is 22.0. The Morgan fingerprint density at radius 3 is 2.17 bits per heavy atom. The van der Waals surface area contributed by atoms with Crippen LogP contribution in [0.4, 0.5) is 5.69 Å². The Bertz CT molecular complexity index is 1730. The molecule has 0 aliphatic heterocycles. The molecule has 0 aromatic heterocycles. The molecule has 46 heavy (non-hydrogen) atoms. The van der Waals surface area contributed by atoms with E-state index >= 15 is 0 Å². The number of aryl methyl sites for hydroxylation is 1.